The maximum absolute atomic E-state index is 5.28. The highest BCUT2D eigenvalue weighted by atomic mass is 32.2. The van der Waals surface area contributed by atoms with Crippen molar-refractivity contribution in [2.24, 2.45) is 10.9 Å². The molecule has 0 radical (unpaired) electrons. The molecule has 0 aliphatic carbocycles. The van der Waals surface area contributed by atoms with Gasteiger partial charge in [0.05, 0.1) is 0 Å². The Labute approximate surface area is 78.4 Å². The van der Waals surface area contributed by atoms with Crippen LogP contribution in [0.2, 0.25) is 0 Å². The molecule has 0 saturated carbocycles. The van der Waals surface area contributed by atoms with Crippen LogP contribution in [0.1, 0.15) is 26.7 Å². The average Bonchev–Trinajstić information content (AvgIpc) is 2.41. The molecule has 4 heteroatoms. The SMILES string of the molecule is CCC1SC(=NN)N(C)C1CC. The van der Waals surface area contributed by atoms with Crippen molar-refractivity contribution in [1.29, 1.82) is 0 Å². The zero-order chi connectivity index (χ0) is 9.14. The molecule has 0 aromatic rings. The monoisotopic (exact) mass is 187 g/mol. The molecule has 12 heavy (non-hydrogen) atoms. The van der Waals surface area contributed by atoms with Crippen molar-refractivity contribution in [3.63, 3.8) is 0 Å². The third-order valence-electron chi connectivity index (χ3n) is 2.42. The number of rotatable bonds is 2. The molecule has 0 spiro atoms. The molecular formula is C8H17N3S. The highest BCUT2D eigenvalue weighted by molar-refractivity contribution is 8.14. The summed E-state index contributed by atoms with van der Waals surface area (Å²) < 4.78 is 0. The summed E-state index contributed by atoms with van der Waals surface area (Å²) in [4.78, 5) is 2.19. The van der Waals surface area contributed by atoms with Crippen molar-refractivity contribution in [3.05, 3.63) is 0 Å². The summed E-state index contributed by atoms with van der Waals surface area (Å²) >= 11 is 1.80. The van der Waals surface area contributed by atoms with Gasteiger partial charge in [-0.1, -0.05) is 25.6 Å². The van der Waals surface area contributed by atoms with E-state index < -0.39 is 0 Å². The second kappa shape index (κ2) is 4.03. The Morgan fingerprint density at radius 2 is 2.17 bits per heavy atom. The molecule has 1 aliphatic heterocycles. The molecule has 70 valence electrons. The number of amidine groups is 1. The fraction of sp³-hybridized carbons (Fsp3) is 0.875. The van der Waals surface area contributed by atoms with Crippen molar-refractivity contribution in [2.75, 3.05) is 7.05 Å². The van der Waals surface area contributed by atoms with Gasteiger partial charge in [0.15, 0.2) is 5.17 Å². The Morgan fingerprint density at radius 1 is 1.50 bits per heavy atom. The Hall–Kier alpha value is -0.380. The summed E-state index contributed by atoms with van der Waals surface area (Å²) in [7, 11) is 2.07. The van der Waals surface area contributed by atoms with E-state index in [4.69, 9.17) is 5.84 Å². The van der Waals surface area contributed by atoms with Gasteiger partial charge >= 0.3 is 0 Å². The number of thioether (sulfide) groups is 1. The molecule has 0 bridgehead atoms. The lowest BCUT2D eigenvalue weighted by atomic mass is 10.1. The van der Waals surface area contributed by atoms with E-state index >= 15 is 0 Å². The first kappa shape index (κ1) is 9.71. The van der Waals surface area contributed by atoms with Crippen molar-refractivity contribution in [3.8, 4) is 0 Å². The van der Waals surface area contributed by atoms with Crippen LogP contribution in [0, 0.1) is 0 Å². The van der Waals surface area contributed by atoms with E-state index in [2.05, 4.69) is 30.9 Å². The number of hydrogen-bond acceptors (Lipinski definition) is 3. The third-order valence-corrected chi connectivity index (χ3v) is 3.97. The molecule has 3 nitrogen and oxygen atoms in total. The van der Waals surface area contributed by atoms with Gasteiger partial charge in [0.1, 0.15) is 0 Å². The van der Waals surface area contributed by atoms with Crippen LogP contribution in [-0.2, 0) is 0 Å². The van der Waals surface area contributed by atoms with Crippen molar-refractivity contribution in [1.82, 2.24) is 4.90 Å². The number of hydrazone groups is 1. The predicted octanol–water partition coefficient (Wildman–Crippen LogP) is 1.45. The van der Waals surface area contributed by atoms with Crippen LogP contribution in [0.15, 0.2) is 5.10 Å². The molecular weight excluding hydrogens is 170 g/mol. The molecule has 1 fully saturated rings. The van der Waals surface area contributed by atoms with Gasteiger partial charge in [0.25, 0.3) is 0 Å². The fourth-order valence-electron chi connectivity index (χ4n) is 1.70. The van der Waals surface area contributed by atoms with Crippen LogP contribution in [-0.4, -0.2) is 28.4 Å². The number of nitrogens with two attached hydrogens (primary N) is 1. The van der Waals surface area contributed by atoms with Gasteiger partial charge in [-0.3, -0.25) is 0 Å². The normalized spacial score (nSPS) is 33.2. The van der Waals surface area contributed by atoms with E-state index in [0.717, 1.165) is 5.17 Å². The molecule has 1 rings (SSSR count). The molecule has 2 atom stereocenters. The van der Waals surface area contributed by atoms with Crippen molar-refractivity contribution in [2.45, 2.75) is 38.0 Å². The summed E-state index contributed by atoms with van der Waals surface area (Å²) in [6.45, 7) is 4.43. The Bertz CT molecular complexity index is 181. The molecule has 1 aliphatic rings. The van der Waals surface area contributed by atoms with Crippen LogP contribution in [0.3, 0.4) is 0 Å². The van der Waals surface area contributed by atoms with Gasteiger partial charge in [-0.25, -0.2) is 0 Å². The van der Waals surface area contributed by atoms with Gasteiger partial charge in [0, 0.05) is 18.3 Å². The quantitative estimate of drug-likeness (QED) is 0.525. The van der Waals surface area contributed by atoms with Crippen LogP contribution in [0.5, 0.6) is 0 Å². The van der Waals surface area contributed by atoms with Gasteiger partial charge in [-0.05, 0) is 12.8 Å². The lowest BCUT2D eigenvalue weighted by molar-refractivity contribution is 0.359. The summed E-state index contributed by atoms with van der Waals surface area (Å²) in [6.07, 6.45) is 2.35. The van der Waals surface area contributed by atoms with Gasteiger partial charge in [0.2, 0.25) is 0 Å². The lowest BCUT2D eigenvalue weighted by Crippen LogP contribution is -2.33. The minimum Gasteiger partial charge on any atom is -0.349 e. The van der Waals surface area contributed by atoms with Crippen molar-refractivity contribution < 1.29 is 0 Å². The largest absolute Gasteiger partial charge is 0.349 e. The second-order valence-corrected chi connectivity index (χ2v) is 4.27. The molecule has 2 unspecified atom stereocenters. The van der Waals surface area contributed by atoms with Crippen LogP contribution < -0.4 is 5.84 Å². The van der Waals surface area contributed by atoms with Gasteiger partial charge in [-0.15, -0.1) is 0 Å². The summed E-state index contributed by atoms with van der Waals surface area (Å²) in [6, 6.07) is 0.613. The minimum atomic E-state index is 0.613. The number of nitrogens with zero attached hydrogens (tertiary/aromatic N) is 2. The fourth-order valence-corrected chi connectivity index (χ4v) is 3.03. The lowest BCUT2D eigenvalue weighted by Gasteiger charge is -2.22. The smallest absolute Gasteiger partial charge is 0.183 e. The highest BCUT2D eigenvalue weighted by Crippen LogP contribution is 2.33. The van der Waals surface area contributed by atoms with Crippen LogP contribution in [0.25, 0.3) is 0 Å². The maximum atomic E-state index is 5.28. The second-order valence-electron chi connectivity index (χ2n) is 3.06. The van der Waals surface area contributed by atoms with E-state index in [0.29, 0.717) is 11.3 Å². The standard InChI is InChI=1S/C8H17N3S/c1-4-6-7(5-2)12-8(10-9)11(6)3/h6-7H,4-5,9H2,1-3H3. The van der Waals surface area contributed by atoms with E-state index in [-0.39, 0.29) is 0 Å². The Kier molecular flexibility index (Phi) is 3.26. The zero-order valence-electron chi connectivity index (χ0n) is 7.95. The Morgan fingerprint density at radius 3 is 2.50 bits per heavy atom. The first-order valence-electron chi connectivity index (χ1n) is 4.41. The van der Waals surface area contributed by atoms with Gasteiger partial charge in [-0.2, -0.15) is 5.10 Å². The average molecular weight is 187 g/mol. The summed E-state index contributed by atoms with van der Waals surface area (Å²) in [5.74, 6) is 5.28. The van der Waals surface area contributed by atoms with Gasteiger partial charge < -0.3 is 10.7 Å². The first-order chi connectivity index (χ1) is 5.74. The van der Waals surface area contributed by atoms with E-state index in [1.54, 1.807) is 11.8 Å². The molecule has 1 saturated heterocycles. The molecule has 0 aromatic heterocycles. The van der Waals surface area contributed by atoms with Crippen molar-refractivity contribution >= 4 is 16.9 Å². The molecule has 1 heterocycles. The highest BCUT2D eigenvalue weighted by Gasteiger charge is 2.34. The Balaban J connectivity index is 2.72. The van der Waals surface area contributed by atoms with Crippen LogP contribution >= 0.6 is 11.8 Å². The van der Waals surface area contributed by atoms with E-state index in [9.17, 15) is 0 Å². The summed E-state index contributed by atoms with van der Waals surface area (Å²) in [5.41, 5.74) is 0. The maximum Gasteiger partial charge on any atom is 0.183 e. The predicted molar refractivity (Wildman–Crippen MR) is 55.1 cm³/mol. The first-order valence-corrected chi connectivity index (χ1v) is 5.29. The topological polar surface area (TPSA) is 41.6 Å². The molecule has 2 N–H and O–H groups in total. The minimum absolute atomic E-state index is 0.613. The molecule has 0 amide bonds. The zero-order valence-corrected chi connectivity index (χ0v) is 8.77. The van der Waals surface area contributed by atoms with E-state index in [1.165, 1.54) is 12.8 Å². The van der Waals surface area contributed by atoms with E-state index in [1.807, 2.05) is 0 Å². The third kappa shape index (κ3) is 1.53. The van der Waals surface area contributed by atoms with Crippen LogP contribution in [0.4, 0.5) is 0 Å². The summed E-state index contributed by atoms with van der Waals surface area (Å²) in [5, 5.41) is 5.42. The molecule has 0 aromatic carbocycles. The number of hydrogen-bond donors (Lipinski definition) is 1.